The molecule has 1 aromatic heterocycles. The fourth-order valence-electron chi connectivity index (χ4n) is 2.29. The quantitative estimate of drug-likeness (QED) is 0.873. The monoisotopic (exact) mass is 242 g/mol. The first-order valence-electron chi connectivity index (χ1n) is 6.03. The van der Waals surface area contributed by atoms with Crippen molar-refractivity contribution in [2.24, 2.45) is 0 Å². The van der Waals surface area contributed by atoms with Gasteiger partial charge in [-0.2, -0.15) is 15.0 Å². The molecule has 2 aromatic rings. The van der Waals surface area contributed by atoms with Crippen LogP contribution in [0.25, 0.3) is 11.3 Å². The van der Waals surface area contributed by atoms with Gasteiger partial charge in [-0.3, -0.25) is 4.79 Å². The highest BCUT2D eigenvalue weighted by Gasteiger charge is 2.23. The molecule has 5 heteroatoms. The summed E-state index contributed by atoms with van der Waals surface area (Å²) in [7, 11) is 0. The third-order valence-corrected chi connectivity index (χ3v) is 3.15. The number of aryl methyl sites for hydroxylation is 2. The summed E-state index contributed by atoms with van der Waals surface area (Å²) in [5, 5.41) is 11.7. The molecule has 0 unspecified atom stereocenters. The van der Waals surface area contributed by atoms with Crippen LogP contribution in [0.1, 0.15) is 18.2 Å². The van der Waals surface area contributed by atoms with Crippen molar-refractivity contribution in [2.45, 2.75) is 26.8 Å². The lowest BCUT2D eigenvalue weighted by molar-refractivity contribution is -0.115. The van der Waals surface area contributed by atoms with Gasteiger partial charge in [-0.05, 0) is 25.5 Å². The zero-order chi connectivity index (χ0) is 12.7. The minimum absolute atomic E-state index is 0.0398. The van der Waals surface area contributed by atoms with E-state index in [-0.39, 0.29) is 5.91 Å². The number of aromatic nitrogens is 3. The Labute approximate surface area is 105 Å². The lowest BCUT2D eigenvalue weighted by Crippen LogP contribution is -2.03. The van der Waals surface area contributed by atoms with E-state index in [1.54, 1.807) is 4.80 Å². The number of fused-ring (bicyclic) bond motifs is 1. The Hall–Kier alpha value is -2.17. The predicted molar refractivity (Wildman–Crippen MR) is 68.2 cm³/mol. The highest BCUT2D eigenvalue weighted by Crippen LogP contribution is 2.33. The summed E-state index contributed by atoms with van der Waals surface area (Å²) < 4.78 is 0. The minimum Gasteiger partial charge on any atom is -0.326 e. The molecule has 1 amide bonds. The Balaban J connectivity index is 2.15. The van der Waals surface area contributed by atoms with Crippen molar-refractivity contribution in [1.29, 1.82) is 0 Å². The summed E-state index contributed by atoms with van der Waals surface area (Å²) >= 11 is 0. The summed E-state index contributed by atoms with van der Waals surface area (Å²) in [6.45, 7) is 4.69. The van der Waals surface area contributed by atoms with E-state index < -0.39 is 0 Å². The van der Waals surface area contributed by atoms with Gasteiger partial charge >= 0.3 is 0 Å². The maximum Gasteiger partial charge on any atom is 0.228 e. The molecule has 0 aliphatic carbocycles. The van der Waals surface area contributed by atoms with Gasteiger partial charge in [0, 0.05) is 11.3 Å². The lowest BCUT2D eigenvalue weighted by atomic mass is 10.0. The smallest absolute Gasteiger partial charge is 0.228 e. The van der Waals surface area contributed by atoms with Crippen LogP contribution in [0.5, 0.6) is 0 Å². The molecule has 0 saturated heterocycles. The van der Waals surface area contributed by atoms with Gasteiger partial charge in [0.1, 0.15) is 5.69 Å². The van der Waals surface area contributed by atoms with E-state index in [1.807, 2.05) is 32.0 Å². The molecular formula is C13H14N4O. The molecule has 18 heavy (non-hydrogen) atoms. The van der Waals surface area contributed by atoms with Crippen LogP contribution in [-0.4, -0.2) is 20.9 Å². The second kappa shape index (κ2) is 3.94. The van der Waals surface area contributed by atoms with Crippen molar-refractivity contribution in [1.82, 2.24) is 15.0 Å². The first kappa shape index (κ1) is 11.0. The summed E-state index contributed by atoms with van der Waals surface area (Å²) in [4.78, 5) is 13.2. The minimum atomic E-state index is 0.0398. The van der Waals surface area contributed by atoms with Gasteiger partial charge in [0.05, 0.1) is 18.7 Å². The summed E-state index contributed by atoms with van der Waals surface area (Å²) in [6.07, 6.45) is 0.421. The van der Waals surface area contributed by atoms with Crippen LogP contribution in [0.3, 0.4) is 0 Å². The molecule has 0 saturated carbocycles. The van der Waals surface area contributed by atoms with Crippen molar-refractivity contribution in [3.8, 4) is 11.3 Å². The number of carbonyl (C=O) groups is 1. The number of nitrogens with one attached hydrogen (secondary N) is 1. The molecule has 1 aliphatic rings. The maximum absolute atomic E-state index is 11.5. The van der Waals surface area contributed by atoms with Crippen LogP contribution in [0.4, 0.5) is 5.69 Å². The van der Waals surface area contributed by atoms with Gasteiger partial charge in [-0.25, -0.2) is 0 Å². The maximum atomic E-state index is 11.5. The molecule has 1 aliphatic heterocycles. The number of hydrogen-bond donors (Lipinski definition) is 1. The Morgan fingerprint density at radius 3 is 2.94 bits per heavy atom. The molecule has 5 nitrogen and oxygen atoms in total. The zero-order valence-corrected chi connectivity index (χ0v) is 10.4. The molecule has 1 aromatic carbocycles. The summed E-state index contributed by atoms with van der Waals surface area (Å²) in [5.74, 6) is 0.0398. The molecule has 92 valence electrons. The fraction of sp³-hybridized carbons (Fsp3) is 0.308. The Kier molecular flexibility index (Phi) is 2.40. The standard InChI is InChI=1S/C13H14N4O/c1-3-17-15-8(2)13(16-17)9-5-4-6-11-10(9)7-12(18)14-11/h4-6H,3,7H2,1-2H3,(H,14,18). The largest absolute Gasteiger partial charge is 0.326 e. The van der Waals surface area contributed by atoms with E-state index >= 15 is 0 Å². The van der Waals surface area contributed by atoms with Crippen LogP contribution in [-0.2, 0) is 17.8 Å². The number of nitrogens with zero attached hydrogens (tertiary/aromatic N) is 3. The molecule has 0 radical (unpaired) electrons. The molecule has 1 N–H and O–H groups in total. The zero-order valence-electron chi connectivity index (χ0n) is 10.4. The van der Waals surface area contributed by atoms with Crippen LogP contribution >= 0.6 is 0 Å². The Bertz CT molecular complexity index is 630. The van der Waals surface area contributed by atoms with Crippen molar-refractivity contribution < 1.29 is 4.79 Å². The van der Waals surface area contributed by atoms with Crippen LogP contribution in [0, 0.1) is 6.92 Å². The lowest BCUT2D eigenvalue weighted by Gasteiger charge is -2.04. The molecule has 0 fully saturated rings. The van der Waals surface area contributed by atoms with Crippen molar-refractivity contribution in [3.05, 3.63) is 29.5 Å². The molecule has 0 atom stereocenters. The first-order valence-corrected chi connectivity index (χ1v) is 6.03. The van der Waals surface area contributed by atoms with Crippen molar-refractivity contribution in [3.63, 3.8) is 0 Å². The van der Waals surface area contributed by atoms with E-state index in [0.29, 0.717) is 6.42 Å². The number of amides is 1. The van der Waals surface area contributed by atoms with Gasteiger partial charge < -0.3 is 5.32 Å². The average Bonchev–Trinajstić information content (AvgIpc) is 2.90. The summed E-state index contributed by atoms with van der Waals surface area (Å²) in [6, 6.07) is 5.85. The molecule has 3 rings (SSSR count). The highest BCUT2D eigenvalue weighted by molar-refractivity contribution is 6.01. The highest BCUT2D eigenvalue weighted by atomic mass is 16.1. The van der Waals surface area contributed by atoms with E-state index in [9.17, 15) is 4.79 Å². The third-order valence-electron chi connectivity index (χ3n) is 3.15. The average molecular weight is 242 g/mol. The second-order valence-electron chi connectivity index (χ2n) is 4.38. The number of rotatable bonds is 2. The van der Waals surface area contributed by atoms with Crippen molar-refractivity contribution in [2.75, 3.05) is 5.32 Å². The number of anilines is 1. The third kappa shape index (κ3) is 1.59. The number of benzene rings is 1. The summed E-state index contributed by atoms with van der Waals surface area (Å²) in [5.41, 5.74) is 4.68. The predicted octanol–water partition coefficient (Wildman–Crippen LogP) is 1.77. The number of hydrogen-bond acceptors (Lipinski definition) is 3. The van der Waals surface area contributed by atoms with Gasteiger partial charge in [-0.1, -0.05) is 12.1 Å². The Morgan fingerprint density at radius 1 is 1.39 bits per heavy atom. The number of carbonyl (C=O) groups excluding carboxylic acids is 1. The molecule has 0 bridgehead atoms. The van der Waals surface area contributed by atoms with E-state index in [2.05, 4.69) is 15.5 Å². The van der Waals surface area contributed by atoms with Gasteiger partial charge in [-0.15, -0.1) is 0 Å². The Morgan fingerprint density at radius 2 is 2.22 bits per heavy atom. The van der Waals surface area contributed by atoms with Gasteiger partial charge in [0.2, 0.25) is 5.91 Å². The molecule has 0 spiro atoms. The molecular weight excluding hydrogens is 228 g/mol. The SMILES string of the molecule is CCn1nc(C)c(-c2cccc3c2CC(=O)N3)n1. The first-order chi connectivity index (χ1) is 8.69. The van der Waals surface area contributed by atoms with E-state index in [1.165, 1.54) is 0 Å². The fourth-order valence-corrected chi connectivity index (χ4v) is 2.29. The van der Waals surface area contributed by atoms with Crippen molar-refractivity contribution >= 4 is 11.6 Å². The van der Waals surface area contributed by atoms with Crippen LogP contribution < -0.4 is 5.32 Å². The van der Waals surface area contributed by atoms with E-state index in [4.69, 9.17) is 0 Å². The molecule has 2 heterocycles. The van der Waals surface area contributed by atoms with E-state index in [0.717, 1.165) is 34.7 Å². The van der Waals surface area contributed by atoms with Gasteiger partial charge in [0.25, 0.3) is 0 Å². The van der Waals surface area contributed by atoms with Crippen LogP contribution in [0.2, 0.25) is 0 Å². The normalized spacial score (nSPS) is 13.6. The van der Waals surface area contributed by atoms with Crippen LogP contribution in [0.15, 0.2) is 18.2 Å². The topological polar surface area (TPSA) is 59.8 Å². The second-order valence-corrected chi connectivity index (χ2v) is 4.38. The van der Waals surface area contributed by atoms with Gasteiger partial charge in [0.15, 0.2) is 0 Å².